The number of carbonyl (C=O) groups is 1. The van der Waals surface area contributed by atoms with Gasteiger partial charge in [0.25, 0.3) is 0 Å². The van der Waals surface area contributed by atoms with Crippen LogP contribution in [0.4, 0.5) is 0 Å². The van der Waals surface area contributed by atoms with Crippen molar-refractivity contribution in [1.29, 1.82) is 0 Å². The first-order valence-electron chi connectivity index (χ1n) is 4.48. The van der Waals surface area contributed by atoms with Crippen LogP contribution in [0, 0.1) is 6.92 Å². The third-order valence-electron chi connectivity index (χ3n) is 2.24. The second-order valence-corrected chi connectivity index (χ2v) is 4.74. The van der Waals surface area contributed by atoms with Crippen molar-refractivity contribution in [1.82, 2.24) is 4.98 Å². The lowest BCUT2D eigenvalue weighted by Gasteiger charge is -2.06. The summed E-state index contributed by atoms with van der Waals surface area (Å²) in [6.45, 7) is 1.86. The van der Waals surface area contributed by atoms with E-state index in [1.807, 2.05) is 19.1 Å². The molecule has 3 nitrogen and oxygen atoms in total. The normalized spacial score (nSPS) is 10.7. The summed E-state index contributed by atoms with van der Waals surface area (Å²) in [5, 5.41) is 10.0. The predicted molar refractivity (Wildman–Crippen MR) is 66.1 cm³/mol. The van der Waals surface area contributed by atoms with Crippen molar-refractivity contribution in [3.05, 3.63) is 39.0 Å². The Morgan fingerprint density at radius 1 is 1.44 bits per heavy atom. The highest BCUT2D eigenvalue weighted by Crippen LogP contribution is 2.28. The Morgan fingerprint density at radius 3 is 2.75 bits per heavy atom. The number of carboxylic acid groups (broad SMARTS) is 1. The number of hydrogen-bond acceptors (Lipinski definition) is 2. The quantitative estimate of drug-likeness (QED) is 0.874. The van der Waals surface area contributed by atoms with E-state index < -0.39 is 5.97 Å². The maximum atomic E-state index is 10.8. The molecule has 0 radical (unpaired) electrons. The van der Waals surface area contributed by atoms with Crippen LogP contribution in [0.25, 0.3) is 10.9 Å². The van der Waals surface area contributed by atoms with Gasteiger partial charge in [-0.3, -0.25) is 0 Å². The summed E-state index contributed by atoms with van der Waals surface area (Å²) in [5.41, 5.74) is 1.46. The van der Waals surface area contributed by atoms with Crippen LogP contribution < -0.4 is 0 Å². The molecule has 0 atom stereocenters. The highest BCUT2D eigenvalue weighted by atomic mass is 79.9. The van der Waals surface area contributed by atoms with Gasteiger partial charge in [0.1, 0.15) is 5.69 Å². The first-order chi connectivity index (χ1) is 7.49. The Kier molecular flexibility index (Phi) is 2.86. The summed E-state index contributed by atoms with van der Waals surface area (Å²) in [4.78, 5) is 14.9. The van der Waals surface area contributed by atoms with Crippen molar-refractivity contribution < 1.29 is 9.90 Å². The zero-order valence-electron chi connectivity index (χ0n) is 8.29. The van der Waals surface area contributed by atoms with E-state index in [2.05, 4.69) is 20.9 Å². The third kappa shape index (κ3) is 1.90. The SMILES string of the molecule is Cc1cc(Br)cc2c(Cl)cc(C(=O)O)nc12. The summed E-state index contributed by atoms with van der Waals surface area (Å²) in [6.07, 6.45) is 0. The van der Waals surface area contributed by atoms with E-state index in [0.29, 0.717) is 10.5 Å². The molecule has 2 aromatic rings. The first kappa shape index (κ1) is 11.4. The second-order valence-electron chi connectivity index (χ2n) is 3.41. The molecule has 1 heterocycles. The smallest absolute Gasteiger partial charge is 0.354 e. The van der Waals surface area contributed by atoms with Crippen LogP contribution in [0.5, 0.6) is 0 Å². The lowest BCUT2D eigenvalue weighted by molar-refractivity contribution is 0.0691. The van der Waals surface area contributed by atoms with Gasteiger partial charge in [0.05, 0.1) is 10.5 Å². The summed E-state index contributed by atoms with van der Waals surface area (Å²) < 4.78 is 0.893. The number of halogens is 2. The minimum Gasteiger partial charge on any atom is -0.477 e. The van der Waals surface area contributed by atoms with Crippen LogP contribution in [0.3, 0.4) is 0 Å². The number of aromatic carboxylic acids is 1. The lowest BCUT2D eigenvalue weighted by atomic mass is 10.1. The molecular weight excluding hydrogens is 293 g/mol. The van der Waals surface area contributed by atoms with E-state index in [4.69, 9.17) is 16.7 Å². The molecule has 0 aliphatic heterocycles. The molecule has 0 aliphatic rings. The highest BCUT2D eigenvalue weighted by molar-refractivity contribution is 9.10. The van der Waals surface area contributed by atoms with Crippen LogP contribution in [0.15, 0.2) is 22.7 Å². The Labute approximate surface area is 105 Å². The number of carboxylic acids is 1. The van der Waals surface area contributed by atoms with Crippen LogP contribution in [0.1, 0.15) is 16.1 Å². The van der Waals surface area contributed by atoms with Crippen molar-refractivity contribution in [3.8, 4) is 0 Å². The van der Waals surface area contributed by atoms with E-state index >= 15 is 0 Å². The van der Waals surface area contributed by atoms with E-state index in [-0.39, 0.29) is 5.69 Å². The molecule has 5 heteroatoms. The molecule has 1 aromatic heterocycles. The van der Waals surface area contributed by atoms with Gasteiger partial charge < -0.3 is 5.11 Å². The molecule has 82 valence electrons. The number of fused-ring (bicyclic) bond motifs is 1. The number of pyridine rings is 1. The van der Waals surface area contributed by atoms with Gasteiger partial charge in [0.15, 0.2) is 0 Å². The maximum absolute atomic E-state index is 10.8. The zero-order valence-corrected chi connectivity index (χ0v) is 10.6. The predicted octanol–water partition coefficient (Wildman–Crippen LogP) is 3.66. The molecule has 1 N–H and O–H groups in total. The number of nitrogens with zero attached hydrogens (tertiary/aromatic N) is 1. The van der Waals surface area contributed by atoms with E-state index in [1.54, 1.807) is 0 Å². The van der Waals surface area contributed by atoms with Gasteiger partial charge in [-0.2, -0.15) is 0 Å². The molecule has 0 fully saturated rings. The van der Waals surface area contributed by atoms with Gasteiger partial charge >= 0.3 is 5.97 Å². The molecule has 1 aromatic carbocycles. The van der Waals surface area contributed by atoms with Crippen molar-refractivity contribution in [2.45, 2.75) is 6.92 Å². The average Bonchev–Trinajstić information content (AvgIpc) is 2.19. The molecule has 2 rings (SSSR count). The number of benzene rings is 1. The first-order valence-corrected chi connectivity index (χ1v) is 5.66. The lowest BCUT2D eigenvalue weighted by Crippen LogP contribution is -2.01. The average molecular weight is 301 g/mol. The summed E-state index contributed by atoms with van der Waals surface area (Å²) in [6, 6.07) is 5.05. The summed E-state index contributed by atoms with van der Waals surface area (Å²) >= 11 is 9.39. The molecule has 0 amide bonds. The monoisotopic (exact) mass is 299 g/mol. The standard InChI is InChI=1S/C11H7BrClNO2/c1-5-2-6(12)3-7-8(13)4-9(11(15)16)14-10(5)7/h2-4H,1H3,(H,15,16). The third-order valence-corrected chi connectivity index (χ3v) is 3.01. The summed E-state index contributed by atoms with van der Waals surface area (Å²) in [5.74, 6) is -1.08. The van der Waals surface area contributed by atoms with Crippen LogP contribution >= 0.6 is 27.5 Å². The Balaban J connectivity index is 2.87. The van der Waals surface area contributed by atoms with Crippen LogP contribution in [0.2, 0.25) is 5.02 Å². The topological polar surface area (TPSA) is 50.2 Å². The molecular formula is C11H7BrClNO2. The Bertz CT molecular complexity index is 598. The zero-order chi connectivity index (χ0) is 11.9. The van der Waals surface area contributed by atoms with E-state index in [9.17, 15) is 4.79 Å². The molecule has 0 spiro atoms. The molecule has 0 bridgehead atoms. The van der Waals surface area contributed by atoms with Gasteiger partial charge in [0.2, 0.25) is 0 Å². The summed E-state index contributed by atoms with van der Waals surface area (Å²) in [7, 11) is 0. The molecule has 0 saturated heterocycles. The number of aryl methyl sites for hydroxylation is 1. The van der Waals surface area contributed by atoms with Crippen molar-refractivity contribution in [3.63, 3.8) is 0 Å². The minimum atomic E-state index is -1.08. The Morgan fingerprint density at radius 2 is 2.12 bits per heavy atom. The van der Waals surface area contributed by atoms with E-state index in [0.717, 1.165) is 15.4 Å². The largest absolute Gasteiger partial charge is 0.477 e. The van der Waals surface area contributed by atoms with Crippen LogP contribution in [-0.2, 0) is 0 Å². The van der Waals surface area contributed by atoms with Gasteiger partial charge in [-0.25, -0.2) is 9.78 Å². The molecule has 0 unspecified atom stereocenters. The second kappa shape index (κ2) is 4.03. The van der Waals surface area contributed by atoms with E-state index in [1.165, 1.54) is 6.07 Å². The minimum absolute atomic E-state index is 0.0390. The Hall–Kier alpha value is -1.13. The van der Waals surface area contributed by atoms with Crippen LogP contribution in [-0.4, -0.2) is 16.1 Å². The molecule has 0 aliphatic carbocycles. The fraction of sp³-hybridized carbons (Fsp3) is 0.0909. The van der Waals surface area contributed by atoms with Gasteiger partial charge in [-0.1, -0.05) is 27.5 Å². The van der Waals surface area contributed by atoms with Gasteiger partial charge in [-0.15, -0.1) is 0 Å². The fourth-order valence-corrected chi connectivity index (χ4v) is 2.35. The van der Waals surface area contributed by atoms with Crippen molar-refractivity contribution in [2.24, 2.45) is 0 Å². The highest BCUT2D eigenvalue weighted by Gasteiger charge is 2.11. The molecule has 16 heavy (non-hydrogen) atoms. The van der Waals surface area contributed by atoms with Gasteiger partial charge in [0, 0.05) is 9.86 Å². The van der Waals surface area contributed by atoms with Crippen molar-refractivity contribution in [2.75, 3.05) is 0 Å². The maximum Gasteiger partial charge on any atom is 0.354 e. The number of aromatic nitrogens is 1. The number of hydrogen-bond donors (Lipinski definition) is 1. The number of rotatable bonds is 1. The van der Waals surface area contributed by atoms with Crippen molar-refractivity contribution >= 4 is 44.4 Å². The van der Waals surface area contributed by atoms with Gasteiger partial charge in [-0.05, 0) is 30.7 Å². The molecule has 0 saturated carbocycles. The fourth-order valence-electron chi connectivity index (χ4n) is 1.53.